The standard InChI is InChI=1S/C9H12F3N3OS/c1-5(13)2-7(16)14-3-8-15-6(4-17-8)9(10,11)12/h4-5H,2-3,13H2,1H3,(H,14,16). The maximum absolute atomic E-state index is 12.2. The van der Waals surface area contributed by atoms with Crippen LogP contribution < -0.4 is 11.1 Å². The summed E-state index contributed by atoms with van der Waals surface area (Å²) in [5.41, 5.74) is 4.47. The number of carbonyl (C=O) groups is 1. The average molecular weight is 267 g/mol. The minimum atomic E-state index is -4.44. The Morgan fingerprint density at radius 1 is 1.65 bits per heavy atom. The fraction of sp³-hybridized carbons (Fsp3) is 0.556. The smallest absolute Gasteiger partial charge is 0.350 e. The molecule has 0 aromatic carbocycles. The second kappa shape index (κ2) is 5.46. The van der Waals surface area contributed by atoms with E-state index in [1.165, 1.54) is 0 Å². The van der Waals surface area contributed by atoms with Crippen molar-refractivity contribution in [3.05, 3.63) is 16.1 Å². The van der Waals surface area contributed by atoms with Gasteiger partial charge in [-0.25, -0.2) is 4.98 Å². The fourth-order valence-electron chi connectivity index (χ4n) is 1.06. The van der Waals surface area contributed by atoms with E-state index in [1.807, 2.05) is 0 Å². The number of nitrogens with one attached hydrogen (secondary N) is 1. The largest absolute Gasteiger partial charge is 0.434 e. The molecule has 1 rings (SSSR count). The topological polar surface area (TPSA) is 68.0 Å². The van der Waals surface area contributed by atoms with Gasteiger partial charge in [0.25, 0.3) is 0 Å². The summed E-state index contributed by atoms with van der Waals surface area (Å²) in [6.45, 7) is 1.66. The van der Waals surface area contributed by atoms with E-state index in [0.717, 1.165) is 16.7 Å². The Balaban J connectivity index is 2.48. The number of aromatic nitrogens is 1. The molecule has 1 atom stereocenters. The van der Waals surface area contributed by atoms with Crippen LogP contribution in [0, 0.1) is 0 Å². The molecule has 1 amide bonds. The van der Waals surface area contributed by atoms with Crippen molar-refractivity contribution in [1.82, 2.24) is 10.3 Å². The van der Waals surface area contributed by atoms with Crippen molar-refractivity contribution in [2.75, 3.05) is 0 Å². The van der Waals surface area contributed by atoms with Gasteiger partial charge in [-0.1, -0.05) is 0 Å². The van der Waals surface area contributed by atoms with E-state index >= 15 is 0 Å². The summed E-state index contributed by atoms with van der Waals surface area (Å²) < 4.78 is 36.6. The van der Waals surface area contributed by atoms with Crippen LogP contribution in [0.25, 0.3) is 0 Å². The number of carbonyl (C=O) groups excluding carboxylic acids is 1. The van der Waals surface area contributed by atoms with Crippen molar-refractivity contribution in [3.63, 3.8) is 0 Å². The van der Waals surface area contributed by atoms with Gasteiger partial charge in [-0.3, -0.25) is 4.79 Å². The molecule has 0 fully saturated rings. The number of halogens is 3. The van der Waals surface area contributed by atoms with Crippen LogP contribution in [-0.4, -0.2) is 16.9 Å². The Hall–Kier alpha value is -1.15. The van der Waals surface area contributed by atoms with Crippen molar-refractivity contribution >= 4 is 17.2 Å². The van der Waals surface area contributed by atoms with Gasteiger partial charge >= 0.3 is 6.18 Å². The molecule has 1 aromatic rings. The summed E-state index contributed by atoms with van der Waals surface area (Å²) in [5, 5.41) is 3.60. The Labute approximate surface area is 100 Å². The molecular formula is C9H12F3N3OS. The van der Waals surface area contributed by atoms with Crippen LogP contribution in [0.3, 0.4) is 0 Å². The van der Waals surface area contributed by atoms with Crippen LogP contribution in [0.1, 0.15) is 24.0 Å². The highest BCUT2D eigenvalue weighted by Crippen LogP contribution is 2.29. The van der Waals surface area contributed by atoms with E-state index in [4.69, 9.17) is 5.73 Å². The number of rotatable bonds is 4. The Morgan fingerprint density at radius 3 is 2.76 bits per heavy atom. The van der Waals surface area contributed by atoms with Gasteiger partial charge in [0.05, 0.1) is 6.54 Å². The predicted molar refractivity (Wildman–Crippen MR) is 57.2 cm³/mol. The van der Waals surface area contributed by atoms with E-state index in [2.05, 4.69) is 10.3 Å². The maximum atomic E-state index is 12.2. The van der Waals surface area contributed by atoms with Gasteiger partial charge < -0.3 is 11.1 Å². The van der Waals surface area contributed by atoms with Crippen molar-refractivity contribution in [2.24, 2.45) is 5.73 Å². The second-order valence-electron chi connectivity index (χ2n) is 3.58. The lowest BCUT2D eigenvalue weighted by molar-refractivity contribution is -0.140. The molecule has 0 bridgehead atoms. The van der Waals surface area contributed by atoms with Crippen molar-refractivity contribution in [1.29, 1.82) is 0 Å². The van der Waals surface area contributed by atoms with Crippen molar-refractivity contribution in [2.45, 2.75) is 32.1 Å². The molecule has 0 aliphatic rings. The fourth-order valence-corrected chi connectivity index (χ4v) is 1.80. The third kappa shape index (κ3) is 4.70. The first-order valence-electron chi connectivity index (χ1n) is 4.83. The van der Waals surface area contributed by atoms with Gasteiger partial charge in [-0.15, -0.1) is 11.3 Å². The Morgan fingerprint density at radius 2 is 2.29 bits per heavy atom. The van der Waals surface area contributed by atoms with Crippen LogP contribution in [0.15, 0.2) is 5.38 Å². The molecule has 0 aliphatic heterocycles. The number of amides is 1. The number of thiazole rings is 1. The third-order valence-electron chi connectivity index (χ3n) is 1.79. The molecule has 0 aliphatic carbocycles. The lowest BCUT2D eigenvalue weighted by Gasteiger charge is -2.05. The zero-order valence-electron chi connectivity index (χ0n) is 9.04. The van der Waals surface area contributed by atoms with E-state index in [-0.39, 0.29) is 29.9 Å². The van der Waals surface area contributed by atoms with Gasteiger partial charge in [-0.05, 0) is 6.92 Å². The van der Waals surface area contributed by atoms with Crippen LogP contribution in [0.4, 0.5) is 13.2 Å². The van der Waals surface area contributed by atoms with Crippen molar-refractivity contribution < 1.29 is 18.0 Å². The SMILES string of the molecule is CC(N)CC(=O)NCc1nc(C(F)(F)F)cs1. The van der Waals surface area contributed by atoms with E-state index in [0.29, 0.717) is 0 Å². The molecule has 1 aromatic heterocycles. The zero-order chi connectivity index (χ0) is 13.1. The third-order valence-corrected chi connectivity index (χ3v) is 2.64. The quantitative estimate of drug-likeness (QED) is 0.869. The van der Waals surface area contributed by atoms with Crippen LogP contribution in [0.2, 0.25) is 0 Å². The number of alkyl halides is 3. The number of hydrogen-bond acceptors (Lipinski definition) is 4. The molecule has 0 spiro atoms. The monoisotopic (exact) mass is 267 g/mol. The highest BCUT2D eigenvalue weighted by Gasteiger charge is 2.33. The molecule has 0 saturated heterocycles. The summed E-state index contributed by atoms with van der Waals surface area (Å²) in [6, 6.07) is -0.281. The lowest BCUT2D eigenvalue weighted by Crippen LogP contribution is -2.29. The predicted octanol–water partition coefficient (Wildman–Crippen LogP) is 1.52. The molecule has 1 unspecified atom stereocenters. The second-order valence-corrected chi connectivity index (χ2v) is 4.53. The molecule has 1 heterocycles. The molecule has 3 N–H and O–H groups in total. The zero-order valence-corrected chi connectivity index (χ0v) is 9.86. The normalized spacial score (nSPS) is 13.5. The van der Waals surface area contributed by atoms with Gasteiger partial charge in [0.2, 0.25) is 5.91 Å². The summed E-state index contributed by atoms with van der Waals surface area (Å²) in [4.78, 5) is 14.6. The Bertz CT molecular complexity index is 389. The van der Waals surface area contributed by atoms with Gasteiger partial charge in [0.15, 0.2) is 5.69 Å². The number of nitrogens with zero attached hydrogens (tertiary/aromatic N) is 1. The average Bonchev–Trinajstić information content (AvgIpc) is 2.61. The molecule has 8 heteroatoms. The Kier molecular flexibility index (Phi) is 4.47. The molecule has 4 nitrogen and oxygen atoms in total. The van der Waals surface area contributed by atoms with E-state index in [9.17, 15) is 18.0 Å². The van der Waals surface area contributed by atoms with Gasteiger partial charge in [0.1, 0.15) is 5.01 Å². The first-order chi connectivity index (χ1) is 7.79. The number of nitrogens with two attached hydrogens (primary N) is 1. The van der Waals surface area contributed by atoms with E-state index < -0.39 is 11.9 Å². The summed E-state index contributed by atoms with van der Waals surface area (Å²) in [6.07, 6.45) is -4.30. The van der Waals surface area contributed by atoms with Gasteiger partial charge in [-0.2, -0.15) is 13.2 Å². The minimum absolute atomic E-state index is 0.00764. The summed E-state index contributed by atoms with van der Waals surface area (Å²) in [7, 11) is 0. The lowest BCUT2D eigenvalue weighted by atomic mass is 10.2. The molecule has 0 radical (unpaired) electrons. The molecule has 0 saturated carbocycles. The van der Waals surface area contributed by atoms with Gasteiger partial charge in [0, 0.05) is 17.8 Å². The summed E-state index contributed by atoms with van der Waals surface area (Å²) in [5.74, 6) is -0.302. The highest BCUT2D eigenvalue weighted by atomic mass is 32.1. The van der Waals surface area contributed by atoms with Crippen LogP contribution >= 0.6 is 11.3 Å². The summed E-state index contributed by atoms with van der Waals surface area (Å²) >= 11 is 0.860. The van der Waals surface area contributed by atoms with Crippen LogP contribution in [0.5, 0.6) is 0 Å². The maximum Gasteiger partial charge on any atom is 0.434 e. The highest BCUT2D eigenvalue weighted by molar-refractivity contribution is 7.09. The van der Waals surface area contributed by atoms with Crippen molar-refractivity contribution in [3.8, 4) is 0 Å². The molecular weight excluding hydrogens is 255 g/mol. The molecule has 17 heavy (non-hydrogen) atoms. The minimum Gasteiger partial charge on any atom is -0.350 e. The first-order valence-corrected chi connectivity index (χ1v) is 5.71. The van der Waals surface area contributed by atoms with E-state index in [1.54, 1.807) is 6.92 Å². The number of hydrogen-bond donors (Lipinski definition) is 2. The van der Waals surface area contributed by atoms with Crippen LogP contribution in [-0.2, 0) is 17.5 Å². The first kappa shape index (κ1) is 13.9. The molecule has 96 valence electrons.